The average Bonchev–Trinajstić information content (AvgIpc) is 2.22. The summed E-state index contributed by atoms with van der Waals surface area (Å²) in [6, 6.07) is 0. The Morgan fingerprint density at radius 1 is 1.07 bits per heavy atom. The molecular formula is C13H26N2. The van der Waals surface area contributed by atoms with Crippen molar-refractivity contribution in [3.05, 3.63) is 0 Å². The molecule has 0 bridgehead atoms. The highest BCUT2D eigenvalue weighted by Gasteiger charge is 2.19. The van der Waals surface area contributed by atoms with Gasteiger partial charge in [0, 0.05) is 19.6 Å². The Balaban J connectivity index is 1.55. The Kier molecular flexibility index (Phi) is 4.45. The molecule has 2 nitrogen and oxygen atoms in total. The second-order valence-corrected chi connectivity index (χ2v) is 5.58. The second-order valence-electron chi connectivity index (χ2n) is 5.58. The highest BCUT2D eigenvalue weighted by atomic mass is 15.1. The van der Waals surface area contributed by atoms with Crippen molar-refractivity contribution >= 4 is 0 Å². The van der Waals surface area contributed by atoms with E-state index in [1.807, 2.05) is 0 Å². The molecule has 1 aliphatic heterocycles. The Labute approximate surface area is 94.4 Å². The van der Waals surface area contributed by atoms with E-state index in [2.05, 4.69) is 17.3 Å². The van der Waals surface area contributed by atoms with Crippen LogP contribution in [0.1, 0.15) is 38.5 Å². The zero-order valence-corrected chi connectivity index (χ0v) is 10.2. The summed E-state index contributed by atoms with van der Waals surface area (Å²) in [5.41, 5.74) is 0. The first-order chi connectivity index (χ1) is 7.34. The molecule has 0 spiro atoms. The fourth-order valence-corrected chi connectivity index (χ4v) is 2.89. The Bertz CT molecular complexity index is 171. The van der Waals surface area contributed by atoms with Gasteiger partial charge in [-0.05, 0) is 31.8 Å². The molecule has 0 unspecified atom stereocenters. The third kappa shape index (κ3) is 3.76. The summed E-state index contributed by atoms with van der Waals surface area (Å²) in [7, 11) is 2.29. The van der Waals surface area contributed by atoms with Crippen LogP contribution in [0.25, 0.3) is 0 Å². The molecule has 88 valence electrons. The highest BCUT2D eigenvalue weighted by molar-refractivity contribution is 4.77. The Hall–Kier alpha value is -0.0800. The standard InChI is InChI=1S/C13H26N2/c1-15(11-13-9-14-10-13)8-7-12-5-3-2-4-6-12/h12-14H,2-11H2,1H3. The lowest BCUT2D eigenvalue weighted by Crippen LogP contribution is -2.47. The van der Waals surface area contributed by atoms with Crippen molar-refractivity contribution in [3.63, 3.8) is 0 Å². The van der Waals surface area contributed by atoms with Crippen molar-refractivity contribution in [2.24, 2.45) is 11.8 Å². The van der Waals surface area contributed by atoms with Gasteiger partial charge in [-0.1, -0.05) is 32.1 Å². The molecule has 0 radical (unpaired) electrons. The molecule has 0 amide bonds. The Morgan fingerprint density at radius 2 is 1.80 bits per heavy atom. The molecule has 0 aromatic rings. The minimum atomic E-state index is 0.932. The summed E-state index contributed by atoms with van der Waals surface area (Å²) in [6.45, 7) is 5.11. The van der Waals surface area contributed by atoms with Gasteiger partial charge in [0.1, 0.15) is 0 Å². The number of nitrogens with zero attached hydrogens (tertiary/aromatic N) is 1. The third-order valence-electron chi connectivity index (χ3n) is 4.08. The van der Waals surface area contributed by atoms with E-state index in [0.717, 1.165) is 11.8 Å². The van der Waals surface area contributed by atoms with Gasteiger partial charge in [-0.25, -0.2) is 0 Å². The van der Waals surface area contributed by atoms with Crippen LogP contribution >= 0.6 is 0 Å². The van der Waals surface area contributed by atoms with E-state index in [1.165, 1.54) is 64.7 Å². The summed E-state index contributed by atoms with van der Waals surface area (Å²) in [4.78, 5) is 2.54. The fourth-order valence-electron chi connectivity index (χ4n) is 2.89. The third-order valence-corrected chi connectivity index (χ3v) is 4.08. The molecule has 2 fully saturated rings. The first-order valence-electron chi connectivity index (χ1n) is 6.74. The van der Waals surface area contributed by atoms with Crippen LogP contribution in [0.2, 0.25) is 0 Å². The Morgan fingerprint density at radius 3 is 2.40 bits per heavy atom. The van der Waals surface area contributed by atoms with E-state index >= 15 is 0 Å². The summed E-state index contributed by atoms with van der Waals surface area (Å²) in [5.74, 6) is 1.97. The summed E-state index contributed by atoms with van der Waals surface area (Å²) in [6.07, 6.45) is 8.90. The lowest BCUT2D eigenvalue weighted by atomic mass is 9.87. The van der Waals surface area contributed by atoms with Gasteiger partial charge >= 0.3 is 0 Å². The van der Waals surface area contributed by atoms with Gasteiger partial charge in [0.15, 0.2) is 0 Å². The molecule has 2 aliphatic rings. The summed E-state index contributed by atoms with van der Waals surface area (Å²) in [5, 5.41) is 3.35. The molecule has 1 saturated carbocycles. The van der Waals surface area contributed by atoms with E-state index in [9.17, 15) is 0 Å². The lowest BCUT2D eigenvalue weighted by molar-refractivity contribution is 0.204. The summed E-state index contributed by atoms with van der Waals surface area (Å²) < 4.78 is 0. The maximum absolute atomic E-state index is 3.35. The number of hydrogen-bond acceptors (Lipinski definition) is 2. The van der Waals surface area contributed by atoms with Crippen molar-refractivity contribution in [2.45, 2.75) is 38.5 Å². The lowest BCUT2D eigenvalue weighted by Gasteiger charge is -2.32. The molecule has 1 aliphatic carbocycles. The molecule has 1 N–H and O–H groups in total. The fraction of sp³-hybridized carbons (Fsp3) is 1.00. The van der Waals surface area contributed by atoms with Crippen molar-refractivity contribution < 1.29 is 0 Å². The van der Waals surface area contributed by atoms with Gasteiger partial charge in [0.25, 0.3) is 0 Å². The molecule has 0 aromatic carbocycles. The molecule has 1 heterocycles. The zero-order chi connectivity index (χ0) is 10.5. The van der Waals surface area contributed by atoms with Gasteiger partial charge in [-0.3, -0.25) is 0 Å². The van der Waals surface area contributed by atoms with Crippen molar-refractivity contribution in [1.29, 1.82) is 0 Å². The van der Waals surface area contributed by atoms with Gasteiger partial charge in [-0.2, -0.15) is 0 Å². The van der Waals surface area contributed by atoms with Crippen LogP contribution in [0.4, 0.5) is 0 Å². The van der Waals surface area contributed by atoms with Crippen molar-refractivity contribution in [2.75, 3.05) is 33.2 Å². The first-order valence-corrected chi connectivity index (χ1v) is 6.74. The van der Waals surface area contributed by atoms with Crippen LogP contribution in [0.3, 0.4) is 0 Å². The second kappa shape index (κ2) is 5.86. The molecule has 2 heteroatoms. The minimum absolute atomic E-state index is 0.932. The van der Waals surface area contributed by atoms with Crippen LogP contribution < -0.4 is 5.32 Å². The van der Waals surface area contributed by atoms with E-state index in [4.69, 9.17) is 0 Å². The number of rotatable bonds is 5. The molecular weight excluding hydrogens is 184 g/mol. The molecule has 2 rings (SSSR count). The SMILES string of the molecule is CN(CCC1CCCCC1)CC1CNC1. The predicted octanol–water partition coefficient (Wildman–Crippen LogP) is 2.11. The first kappa shape index (κ1) is 11.4. The van der Waals surface area contributed by atoms with Gasteiger partial charge in [0.05, 0.1) is 0 Å². The quantitative estimate of drug-likeness (QED) is 0.747. The van der Waals surface area contributed by atoms with Crippen molar-refractivity contribution in [3.8, 4) is 0 Å². The van der Waals surface area contributed by atoms with Crippen LogP contribution in [-0.2, 0) is 0 Å². The normalized spacial score (nSPS) is 24.4. The van der Waals surface area contributed by atoms with Crippen LogP contribution in [0, 0.1) is 11.8 Å². The smallest absolute Gasteiger partial charge is 0.00309 e. The van der Waals surface area contributed by atoms with Gasteiger partial charge < -0.3 is 10.2 Å². The number of nitrogens with one attached hydrogen (secondary N) is 1. The minimum Gasteiger partial charge on any atom is -0.316 e. The molecule has 15 heavy (non-hydrogen) atoms. The largest absolute Gasteiger partial charge is 0.316 e. The average molecular weight is 210 g/mol. The maximum Gasteiger partial charge on any atom is 0.00309 e. The highest BCUT2D eigenvalue weighted by Crippen LogP contribution is 2.26. The zero-order valence-electron chi connectivity index (χ0n) is 10.2. The number of hydrogen-bond donors (Lipinski definition) is 1. The maximum atomic E-state index is 3.35. The molecule has 0 atom stereocenters. The monoisotopic (exact) mass is 210 g/mol. The van der Waals surface area contributed by atoms with Crippen LogP contribution in [0.5, 0.6) is 0 Å². The predicted molar refractivity (Wildman–Crippen MR) is 65.0 cm³/mol. The molecule has 0 aromatic heterocycles. The van der Waals surface area contributed by atoms with Gasteiger partial charge in [0.2, 0.25) is 0 Å². The van der Waals surface area contributed by atoms with E-state index in [-0.39, 0.29) is 0 Å². The van der Waals surface area contributed by atoms with E-state index in [0.29, 0.717) is 0 Å². The van der Waals surface area contributed by atoms with E-state index in [1.54, 1.807) is 0 Å². The van der Waals surface area contributed by atoms with Crippen LogP contribution in [-0.4, -0.2) is 38.1 Å². The topological polar surface area (TPSA) is 15.3 Å². The van der Waals surface area contributed by atoms with Crippen molar-refractivity contribution in [1.82, 2.24) is 10.2 Å². The van der Waals surface area contributed by atoms with Gasteiger partial charge in [-0.15, -0.1) is 0 Å². The van der Waals surface area contributed by atoms with Crippen LogP contribution in [0.15, 0.2) is 0 Å². The van der Waals surface area contributed by atoms with E-state index < -0.39 is 0 Å². The summed E-state index contributed by atoms with van der Waals surface area (Å²) >= 11 is 0. The molecule has 1 saturated heterocycles.